The third-order valence-corrected chi connectivity index (χ3v) is 2.70. The predicted octanol–water partition coefficient (Wildman–Crippen LogP) is 2.15. The summed E-state index contributed by atoms with van der Waals surface area (Å²) in [5, 5.41) is 0. The van der Waals surface area contributed by atoms with E-state index >= 15 is 0 Å². The van der Waals surface area contributed by atoms with Gasteiger partial charge < -0.3 is 4.57 Å². The second-order valence-electron chi connectivity index (χ2n) is 2.81. The standard InChI is InChI=1S/C9H7BrN2O/c1-12-8-3-2-6(5-13)4-7(8)11-9(12)10/h2-5H,1H3. The number of rotatable bonds is 1. The minimum Gasteiger partial charge on any atom is -0.322 e. The third-order valence-electron chi connectivity index (χ3n) is 1.99. The van der Waals surface area contributed by atoms with Crippen LogP contribution < -0.4 is 0 Å². The van der Waals surface area contributed by atoms with E-state index in [2.05, 4.69) is 20.9 Å². The lowest BCUT2D eigenvalue weighted by Gasteiger charge is -1.94. The Balaban J connectivity index is 2.79. The van der Waals surface area contributed by atoms with E-state index in [0.29, 0.717) is 5.56 Å². The first kappa shape index (κ1) is 8.44. The highest BCUT2D eigenvalue weighted by atomic mass is 79.9. The van der Waals surface area contributed by atoms with Crippen LogP contribution in [0.2, 0.25) is 0 Å². The number of carbonyl (C=O) groups excluding carboxylic acids is 1. The van der Waals surface area contributed by atoms with Crippen LogP contribution in [0.4, 0.5) is 0 Å². The van der Waals surface area contributed by atoms with Crippen LogP contribution in [0, 0.1) is 0 Å². The highest BCUT2D eigenvalue weighted by molar-refractivity contribution is 9.10. The van der Waals surface area contributed by atoms with Crippen molar-refractivity contribution in [3.63, 3.8) is 0 Å². The number of imidazole rings is 1. The van der Waals surface area contributed by atoms with Gasteiger partial charge in [0.05, 0.1) is 11.0 Å². The molecular formula is C9H7BrN2O. The third kappa shape index (κ3) is 1.27. The molecule has 0 amide bonds. The van der Waals surface area contributed by atoms with Crippen molar-refractivity contribution in [2.75, 3.05) is 0 Å². The number of aromatic nitrogens is 2. The fraction of sp³-hybridized carbons (Fsp3) is 0.111. The van der Waals surface area contributed by atoms with E-state index in [1.165, 1.54) is 0 Å². The second kappa shape index (κ2) is 2.96. The van der Waals surface area contributed by atoms with Crippen molar-refractivity contribution in [2.24, 2.45) is 7.05 Å². The summed E-state index contributed by atoms with van der Waals surface area (Å²) in [5.74, 6) is 0. The van der Waals surface area contributed by atoms with Crippen LogP contribution in [0.5, 0.6) is 0 Å². The number of aldehydes is 1. The van der Waals surface area contributed by atoms with Gasteiger partial charge in [-0.15, -0.1) is 0 Å². The smallest absolute Gasteiger partial charge is 0.177 e. The molecule has 0 atom stereocenters. The summed E-state index contributed by atoms with van der Waals surface area (Å²) in [6.45, 7) is 0. The molecule has 0 aliphatic heterocycles. The number of nitrogens with zero attached hydrogens (tertiary/aromatic N) is 2. The first-order valence-electron chi connectivity index (χ1n) is 3.79. The Bertz CT molecular complexity index is 476. The van der Waals surface area contributed by atoms with E-state index in [1.54, 1.807) is 12.1 Å². The summed E-state index contributed by atoms with van der Waals surface area (Å²) in [5.41, 5.74) is 2.49. The number of benzene rings is 1. The predicted molar refractivity (Wildman–Crippen MR) is 53.8 cm³/mol. The summed E-state index contributed by atoms with van der Waals surface area (Å²) >= 11 is 3.32. The molecule has 0 bridgehead atoms. The molecule has 0 N–H and O–H groups in total. The zero-order valence-electron chi connectivity index (χ0n) is 6.99. The molecule has 1 aromatic heterocycles. The topological polar surface area (TPSA) is 34.9 Å². The van der Waals surface area contributed by atoms with Gasteiger partial charge in [0, 0.05) is 12.6 Å². The van der Waals surface area contributed by atoms with Gasteiger partial charge in [0.2, 0.25) is 0 Å². The highest BCUT2D eigenvalue weighted by Crippen LogP contribution is 2.19. The first-order chi connectivity index (χ1) is 6.22. The largest absolute Gasteiger partial charge is 0.322 e. The molecule has 0 fully saturated rings. The molecule has 1 heterocycles. The van der Waals surface area contributed by atoms with E-state index in [0.717, 1.165) is 22.1 Å². The molecule has 0 aliphatic carbocycles. The molecule has 0 aliphatic rings. The van der Waals surface area contributed by atoms with Gasteiger partial charge in [-0.25, -0.2) is 4.98 Å². The number of aryl methyl sites for hydroxylation is 1. The molecule has 13 heavy (non-hydrogen) atoms. The molecule has 3 nitrogen and oxygen atoms in total. The quantitative estimate of drug-likeness (QED) is 0.714. The van der Waals surface area contributed by atoms with Crippen molar-refractivity contribution < 1.29 is 4.79 Å². The molecular weight excluding hydrogens is 232 g/mol. The molecule has 66 valence electrons. The Morgan fingerprint density at radius 1 is 1.54 bits per heavy atom. The average molecular weight is 239 g/mol. The van der Waals surface area contributed by atoms with Crippen molar-refractivity contribution in [1.29, 1.82) is 0 Å². The number of halogens is 1. The van der Waals surface area contributed by atoms with E-state index in [1.807, 2.05) is 17.7 Å². The molecule has 0 unspecified atom stereocenters. The van der Waals surface area contributed by atoms with Gasteiger partial charge in [0.15, 0.2) is 4.73 Å². The Hall–Kier alpha value is -1.16. The van der Waals surface area contributed by atoms with Gasteiger partial charge in [0.25, 0.3) is 0 Å². The Morgan fingerprint density at radius 3 is 3.00 bits per heavy atom. The first-order valence-corrected chi connectivity index (χ1v) is 4.59. The molecule has 0 spiro atoms. The molecule has 2 rings (SSSR count). The number of hydrogen-bond acceptors (Lipinski definition) is 2. The molecule has 4 heteroatoms. The minimum absolute atomic E-state index is 0.651. The average Bonchev–Trinajstić information content (AvgIpc) is 2.42. The SMILES string of the molecule is Cn1c(Br)nc2cc(C=O)ccc21. The van der Waals surface area contributed by atoms with Crippen LogP contribution in [0.1, 0.15) is 10.4 Å². The maximum Gasteiger partial charge on any atom is 0.177 e. The molecule has 2 aromatic rings. The fourth-order valence-electron chi connectivity index (χ4n) is 1.26. The lowest BCUT2D eigenvalue weighted by atomic mass is 10.2. The highest BCUT2D eigenvalue weighted by Gasteiger charge is 2.04. The molecule has 0 radical (unpaired) electrons. The zero-order valence-corrected chi connectivity index (χ0v) is 8.58. The van der Waals surface area contributed by atoms with Gasteiger partial charge in [-0.05, 0) is 34.1 Å². The number of carbonyl (C=O) groups is 1. The summed E-state index contributed by atoms with van der Waals surface area (Å²) in [7, 11) is 1.92. The van der Waals surface area contributed by atoms with E-state index in [9.17, 15) is 4.79 Å². The van der Waals surface area contributed by atoms with E-state index in [4.69, 9.17) is 0 Å². The van der Waals surface area contributed by atoms with Crippen LogP contribution in [0.3, 0.4) is 0 Å². The number of hydrogen-bond donors (Lipinski definition) is 0. The molecule has 0 saturated carbocycles. The summed E-state index contributed by atoms with van der Waals surface area (Å²) < 4.78 is 2.69. The van der Waals surface area contributed by atoms with Crippen LogP contribution in [-0.2, 0) is 7.05 Å². The van der Waals surface area contributed by atoms with Gasteiger partial charge >= 0.3 is 0 Å². The summed E-state index contributed by atoms with van der Waals surface area (Å²) in [6.07, 6.45) is 0.821. The van der Waals surface area contributed by atoms with E-state index in [-0.39, 0.29) is 0 Å². The monoisotopic (exact) mass is 238 g/mol. The normalized spacial score (nSPS) is 10.6. The van der Waals surface area contributed by atoms with Crippen molar-refractivity contribution in [2.45, 2.75) is 0 Å². The fourth-order valence-corrected chi connectivity index (χ4v) is 1.64. The van der Waals surface area contributed by atoms with Crippen molar-refractivity contribution in [3.05, 3.63) is 28.5 Å². The minimum atomic E-state index is 0.651. The molecule has 0 saturated heterocycles. The Labute approximate surface area is 83.5 Å². The summed E-state index contributed by atoms with van der Waals surface area (Å²) in [4.78, 5) is 14.7. The van der Waals surface area contributed by atoms with Crippen molar-refractivity contribution in [1.82, 2.24) is 9.55 Å². The number of fused-ring (bicyclic) bond motifs is 1. The second-order valence-corrected chi connectivity index (χ2v) is 3.52. The summed E-state index contributed by atoms with van der Waals surface area (Å²) in [6, 6.07) is 5.44. The lowest BCUT2D eigenvalue weighted by Crippen LogP contribution is -1.86. The zero-order chi connectivity index (χ0) is 9.42. The van der Waals surface area contributed by atoms with Gasteiger partial charge in [-0.1, -0.05) is 0 Å². The van der Waals surface area contributed by atoms with Crippen molar-refractivity contribution >= 4 is 33.2 Å². The van der Waals surface area contributed by atoms with Gasteiger partial charge in [-0.2, -0.15) is 0 Å². The maximum absolute atomic E-state index is 10.5. The maximum atomic E-state index is 10.5. The lowest BCUT2D eigenvalue weighted by molar-refractivity contribution is 0.112. The van der Waals surface area contributed by atoms with Gasteiger partial charge in [0.1, 0.15) is 6.29 Å². The van der Waals surface area contributed by atoms with Gasteiger partial charge in [-0.3, -0.25) is 4.79 Å². The van der Waals surface area contributed by atoms with Crippen LogP contribution in [0.25, 0.3) is 11.0 Å². The van der Waals surface area contributed by atoms with Crippen LogP contribution in [0.15, 0.2) is 22.9 Å². The molecule has 1 aromatic carbocycles. The Kier molecular flexibility index (Phi) is 1.92. The Morgan fingerprint density at radius 2 is 2.31 bits per heavy atom. The van der Waals surface area contributed by atoms with Crippen molar-refractivity contribution in [3.8, 4) is 0 Å². The van der Waals surface area contributed by atoms with Crippen LogP contribution >= 0.6 is 15.9 Å². The van der Waals surface area contributed by atoms with E-state index < -0.39 is 0 Å². The van der Waals surface area contributed by atoms with Crippen LogP contribution in [-0.4, -0.2) is 15.8 Å².